The van der Waals surface area contributed by atoms with Gasteiger partial charge in [-0.2, -0.15) is 4.31 Å². The number of hydrogen-bond donors (Lipinski definition) is 0. The summed E-state index contributed by atoms with van der Waals surface area (Å²) >= 11 is 0. The lowest BCUT2D eigenvalue weighted by atomic mass is 10.0. The third-order valence-corrected chi connectivity index (χ3v) is 5.57. The number of benzene rings is 1. The van der Waals surface area contributed by atoms with Crippen LogP contribution in [0.25, 0.3) is 0 Å². The summed E-state index contributed by atoms with van der Waals surface area (Å²) in [6, 6.07) is 6.75. The van der Waals surface area contributed by atoms with Crippen LogP contribution in [0.1, 0.15) is 26.3 Å². The Balaban J connectivity index is 3.33. The van der Waals surface area contributed by atoms with Crippen LogP contribution in [-0.4, -0.2) is 31.1 Å². The van der Waals surface area contributed by atoms with Crippen molar-refractivity contribution < 1.29 is 13.2 Å². The summed E-state index contributed by atoms with van der Waals surface area (Å²) in [5, 5.41) is 0. The summed E-state index contributed by atoms with van der Waals surface area (Å²) in [5.41, 5.74) is -0.384. The molecule has 1 aromatic rings. The maximum Gasteiger partial charge on any atom is 0.243 e. The molecule has 0 heterocycles. The van der Waals surface area contributed by atoms with Crippen LogP contribution >= 0.6 is 0 Å². The molecule has 0 saturated heterocycles. The highest BCUT2D eigenvalue weighted by atomic mass is 32.2. The van der Waals surface area contributed by atoms with E-state index in [0.717, 1.165) is 4.31 Å². The molecular weight excluding hydrogens is 250 g/mol. The number of carbonyl (C=O) groups is 1. The zero-order chi connectivity index (χ0) is 14.1. The first-order valence-corrected chi connectivity index (χ1v) is 7.11. The lowest BCUT2D eigenvalue weighted by molar-refractivity contribution is -0.124. The van der Waals surface area contributed by atoms with Crippen LogP contribution in [0.4, 0.5) is 0 Å². The Morgan fingerprint density at radius 2 is 1.72 bits per heavy atom. The molecule has 0 N–H and O–H groups in total. The van der Waals surface area contributed by atoms with E-state index in [0.29, 0.717) is 5.56 Å². The van der Waals surface area contributed by atoms with E-state index in [2.05, 4.69) is 0 Å². The molecule has 18 heavy (non-hydrogen) atoms. The van der Waals surface area contributed by atoms with E-state index in [9.17, 15) is 13.2 Å². The van der Waals surface area contributed by atoms with Gasteiger partial charge in [0.2, 0.25) is 10.0 Å². The van der Waals surface area contributed by atoms with Gasteiger partial charge in [0.15, 0.2) is 0 Å². The second kappa shape index (κ2) is 4.82. The van der Waals surface area contributed by atoms with Gasteiger partial charge in [-0.1, -0.05) is 18.2 Å². The molecule has 0 radical (unpaired) electrons. The van der Waals surface area contributed by atoms with Gasteiger partial charge in [-0.3, -0.25) is 4.79 Å². The molecule has 0 aliphatic rings. The molecule has 0 bridgehead atoms. The second-order valence-electron chi connectivity index (χ2n) is 4.85. The van der Waals surface area contributed by atoms with Gasteiger partial charge in [0, 0.05) is 7.05 Å². The number of Topliss-reactive ketones (excluding diaryl/α,β-unsaturated/α-hetero) is 1. The largest absolute Gasteiger partial charge is 0.298 e. The van der Waals surface area contributed by atoms with Crippen molar-refractivity contribution >= 4 is 15.8 Å². The smallest absolute Gasteiger partial charge is 0.243 e. The van der Waals surface area contributed by atoms with Gasteiger partial charge in [0.05, 0.1) is 10.4 Å². The van der Waals surface area contributed by atoms with Crippen molar-refractivity contribution in [3.8, 4) is 0 Å². The van der Waals surface area contributed by atoms with Gasteiger partial charge in [-0.15, -0.1) is 0 Å². The molecule has 1 rings (SSSR count). The number of aryl methyl sites for hydroxylation is 1. The standard InChI is InChI=1S/C13H19NO3S/c1-10-8-6-7-9-12(10)18(16,17)14(5)13(3,4)11(2)15/h6-9H,1-5H3. The molecule has 0 fully saturated rings. The van der Waals surface area contributed by atoms with Crippen LogP contribution in [0.5, 0.6) is 0 Å². The lowest BCUT2D eigenvalue weighted by Gasteiger charge is -2.32. The number of rotatable bonds is 4. The minimum absolute atomic E-state index is 0.192. The number of likely N-dealkylation sites (N-methyl/N-ethyl adjacent to an activating group) is 1. The Morgan fingerprint density at radius 3 is 2.17 bits per heavy atom. The van der Waals surface area contributed by atoms with Gasteiger partial charge in [-0.25, -0.2) is 8.42 Å². The number of hydrogen-bond acceptors (Lipinski definition) is 3. The van der Waals surface area contributed by atoms with Crippen LogP contribution in [0.15, 0.2) is 29.2 Å². The van der Waals surface area contributed by atoms with Crippen molar-refractivity contribution in [3.63, 3.8) is 0 Å². The molecule has 0 amide bonds. The van der Waals surface area contributed by atoms with Gasteiger partial charge >= 0.3 is 0 Å². The van der Waals surface area contributed by atoms with Gasteiger partial charge in [0.1, 0.15) is 5.78 Å². The predicted octanol–water partition coefficient (Wildman–Crippen LogP) is 1.98. The van der Waals surface area contributed by atoms with Crippen molar-refractivity contribution in [1.82, 2.24) is 4.31 Å². The first kappa shape index (κ1) is 14.9. The molecule has 0 aliphatic carbocycles. The molecule has 0 spiro atoms. The highest BCUT2D eigenvalue weighted by Crippen LogP contribution is 2.25. The Kier molecular flexibility index (Phi) is 3.98. The maximum absolute atomic E-state index is 12.5. The molecular formula is C13H19NO3S. The lowest BCUT2D eigenvalue weighted by Crippen LogP contribution is -2.49. The van der Waals surface area contributed by atoms with Crippen LogP contribution in [0.3, 0.4) is 0 Å². The van der Waals surface area contributed by atoms with Crippen LogP contribution in [-0.2, 0) is 14.8 Å². The molecule has 0 aromatic heterocycles. The Morgan fingerprint density at radius 1 is 1.22 bits per heavy atom. The summed E-state index contributed by atoms with van der Waals surface area (Å²) in [6.07, 6.45) is 0. The van der Waals surface area contributed by atoms with Crippen molar-refractivity contribution in [2.45, 2.75) is 38.1 Å². The normalized spacial score (nSPS) is 12.8. The predicted molar refractivity (Wildman–Crippen MR) is 70.9 cm³/mol. The first-order valence-electron chi connectivity index (χ1n) is 5.67. The van der Waals surface area contributed by atoms with E-state index < -0.39 is 15.6 Å². The van der Waals surface area contributed by atoms with Crippen LogP contribution < -0.4 is 0 Å². The summed E-state index contributed by atoms with van der Waals surface area (Å²) in [6.45, 7) is 6.33. The van der Waals surface area contributed by atoms with E-state index in [4.69, 9.17) is 0 Å². The monoisotopic (exact) mass is 269 g/mol. The maximum atomic E-state index is 12.5. The average molecular weight is 269 g/mol. The molecule has 0 saturated carbocycles. The molecule has 0 aliphatic heterocycles. The number of nitrogens with zero attached hydrogens (tertiary/aromatic N) is 1. The summed E-state index contributed by atoms with van der Waals surface area (Å²) in [7, 11) is -2.23. The number of ketones is 1. The highest BCUT2D eigenvalue weighted by molar-refractivity contribution is 7.89. The molecule has 1 aromatic carbocycles. The highest BCUT2D eigenvalue weighted by Gasteiger charge is 2.37. The summed E-state index contributed by atoms with van der Waals surface area (Å²) in [5.74, 6) is -0.192. The number of sulfonamides is 1. The average Bonchev–Trinajstić information content (AvgIpc) is 2.28. The quantitative estimate of drug-likeness (QED) is 0.840. The minimum Gasteiger partial charge on any atom is -0.298 e. The van der Waals surface area contributed by atoms with Crippen LogP contribution in [0.2, 0.25) is 0 Å². The fourth-order valence-electron chi connectivity index (χ4n) is 1.52. The third-order valence-electron chi connectivity index (χ3n) is 3.38. The summed E-state index contributed by atoms with van der Waals surface area (Å²) < 4.78 is 26.1. The third kappa shape index (κ3) is 2.47. The Labute approximate surface area is 109 Å². The molecule has 0 unspecified atom stereocenters. The fourth-order valence-corrected chi connectivity index (χ4v) is 3.27. The van der Waals surface area contributed by atoms with E-state index in [1.807, 2.05) is 0 Å². The zero-order valence-corrected chi connectivity index (χ0v) is 12.2. The molecule has 5 heteroatoms. The van der Waals surface area contributed by atoms with E-state index in [1.165, 1.54) is 14.0 Å². The van der Waals surface area contributed by atoms with Crippen molar-refractivity contribution in [1.29, 1.82) is 0 Å². The van der Waals surface area contributed by atoms with Crippen molar-refractivity contribution in [2.24, 2.45) is 0 Å². The van der Waals surface area contributed by atoms with E-state index in [-0.39, 0.29) is 10.7 Å². The zero-order valence-electron chi connectivity index (χ0n) is 11.4. The van der Waals surface area contributed by atoms with Crippen LogP contribution in [0, 0.1) is 6.92 Å². The Bertz CT molecular complexity index is 561. The SMILES string of the molecule is CC(=O)C(C)(C)N(C)S(=O)(=O)c1ccccc1C. The van der Waals surface area contributed by atoms with E-state index in [1.54, 1.807) is 45.0 Å². The van der Waals surface area contributed by atoms with Crippen molar-refractivity contribution in [3.05, 3.63) is 29.8 Å². The van der Waals surface area contributed by atoms with E-state index >= 15 is 0 Å². The fraction of sp³-hybridized carbons (Fsp3) is 0.462. The molecule has 4 nitrogen and oxygen atoms in total. The van der Waals surface area contributed by atoms with Gasteiger partial charge in [0.25, 0.3) is 0 Å². The topological polar surface area (TPSA) is 54.5 Å². The minimum atomic E-state index is -3.66. The Hall–Kier alpha value is -1.20. The number of carbonyl (C=O) groups excluding carboxylic acids is 1. The van der Waals surface area contributed by atoms with Gasteiger partial charge < -0.3 is 0 Å². The van der Waals surface area contributed by atoms with Gasteiger partial charge in [-0.05, 0) is 39.3 Å². The first-order chi connectivity index (χ1) is 8.11. The second-order valence-corrected chi connectivity index (χ2v) is 6.79. The summed E-state index contributed by atoms with van der Waals surface area (Å²) in [4.78, 5) is 11.8. The molecule has 100 valence electrons. The van der Waals surface area contributed by atoms with Crippen molar-refractivity contribution in [2.75, 3.05) is 7.05 Å². The molecule has 0 atom stereocenters.